The number of anilines is 1. The number of nitrogens with two attached hydrogens (primary N) is 1. The number of aliphatic hydroxyl groups excluding tert-OH is 1. The highest BCUT2D eigenvalue weighted by Crippen LogP contribution is 2.55. The van der Waals surface area contributed by atoms with Crippen molar-refractivity contribution < 1.29 is 42.2 Å². The summed E-state index contributed by atoms with van der Waals surface area (Å²) in [4.78, 5) is 49.9. The van der Waals surface area contributed by atoms with E-state index < -0.39 is 69.1 Å². The molecule has 3 aromatic heterocycles. The number of benzene rings is 1. The number of thiol groups is 2. The molecule has 0 amide bonds. The summed E-state index contributed by atoms with van der Waals surface area (Å²) < 4.78 is 55.8. The third kappa shape index (κ3) is 7.42. The molecule has 4 aromatic rings. The average molecular weight is 858 g/mol. The molecular formula is C25H30IN7O11P2S2. The minimum absolute atomic E-state index is 0.0169. The van der Waals surface area contributed by atoms with Crippen molar-refractivity contribution in [2.45, 2.75) is 41.6 Å². The Hall–Kier alpha value is -1.88. The molecule has 0 bridgehead atoms. The summed E-state index contributed by atoms with van der Waals surface area (Å²) in [6.45, 7) is -7.65. The van der Waals surface area contributed by atoms with Gasteiger partial charge >= 0.3 is 13.6 Å². The maximum atomic E-state index is 13.4. The Morgan fingerprint density at radius 1 is 1.02 bits per heavy atom. The summed E-state index contributed by atoms with van der Waals surface area (Å²) >= 11 is 9.79. The number of para-hydroxylation sites is 1. The molecule has 2 aliphatic rings. The molecule has 0 spiro atoms. The molecular weight excluding hydrogens is 827 g/mol. The van der Waals surface area contributed by atoms with Gasteiger partial charge < -0.3 is 29.7 Å². The molecule has 0 saturated carbocycles. The smallest absolute Gasteiger partial charge is 0.386 e. The standard InChI is InChI=1S/C25H30IN7O11P2S2/c1-11-17(26)15(43-23(11)33-9-28-14-5-3-2-4-12(14)22(33)36)7-42-46(39,48)41-6-13-19(34)16(8-40-45(37,38)47)44-24(13)32-10-29-18-20(32)30-25(27)31-21(18)35/h2-5,9-11,13,15-17,19,23-24,34H,6-8H2,1H3,(H,39,48)(H2,37,38,47)(H3,27,30,31,35)/t11?,13?,15-,16-,17?,19-,23-,24-,46?/m1/s1. The van der Waals surface area contributed by atoms with Crippen molar-refractivity contribution in [3.63, 3.8) is 0 Å². The molecule has 5 N–H and O–H groups in total. The van der Waals surface area contributed by atoms with Crippen molar-refractivity contribution in [3.8, 4) is 0 Å². The molecule has 2 saturated heterocycles. The van der Waals surface area contributed by atoms with Crippen LogP contribution >= 0.6 is 60.7 Å². The first kappa shape index (κ1) is 35.9. The molecule has 18 nitrogen and oxygen atoms in total. The highest BCUT2D eigenvalue weighted by Gasteiger charge is 2.47. The van der Waals surface area contributed by atoms with E-state index in [1.807, 2.05) is 6.92 Å². The zero-order valence-corrected chi connectivity index (χ0v) is 30.5. The van der Waals surface area contributed by atoms with Crippen molar-refractivity contribution in [3.05, 3.63) is 57.6 Å². The molecule has 6 rings (SSSR count). The van der Waals surface area contributed by atoms with Gasteiger partial charge in [-0.25, -0.2) is 19.1 Å². The van der Waals surface area contributed by atoms with Crippen LogP contribution in [0.3, 0.4) is 0 Å². The van der Waals surface area contributed by atoms with E-state index in [1.165, 1.54) is 21.8 Å². The van der Waals surface area contributed by atoms with Gasteiger partial charge in [0, 0.05) is 9.84 Å². The second-order valence-electron chi connectivity index (χ2n) is 11.2. The van der Waals surface area contributed by atoms with Crippen LogP contribution in [0.4, 0.5) is 5.95 Å². The van der Waals surface area contributed by atoms with Gasteiger partial charge in [-0.05, 0) is 12.1 Å². The molecule has 1 aromatic carbocycles. The number of ether oxygens (including phenoxy) is 2. The second-order valence-corrected chi connectivity index (χ2v) is 18.3. The zero-order chi connectivity index (χ0) is 34.5. The maximum absolute atomic E-state index is 13.4. The summed E-state index contributed by atoms with van der Waals surface area (Å²) in [5.74, 6) is -1.39. The number of aromatic nitrogens is 6. The minimum Gasteiger partial charge on any atom is -0.390 e. The highest BCUT2D eigenvalue weighted by molar-refractivity contribution is 14.1. The Morgan fingerprint density at radius 2 is 1.69 bits per heavy atom. The van der Waals surface area contributed by atoms with E-state index in [-0.39, 0.29) is 39.1 Å². The molecule has 5 heterocycles. The number of nitrogens with zero attached hydrogens (tertiary/aromatic N) is 5. The largest absolute Gasteiger partial charge is 0.390 e. The number of aliphatic hydroxyl groups is 1. The van der Waals surface area contributed by atoms with Crippen LogP contribution in [0.2, 0.25) is 0 Å². The number of rotatable bonds is 11. The Morgan fingerprint density at radius 3 is 2.44 bits per heavy atom. The van der Waals surface area contributed by atoms with Gasteiger partial charge in [-0.2, -0.15) is 4.98 Å². The van der Waals surface area contributed by atoms with E-state index >= 15 is 0 Å². The van der Waals surface area contributed by atoms with Gasteiger partial charge in [0.1, 0.15) is 24.9 Å². The van der Waals surface area contributed by atoms with Crippen LogP contribution in [0, 0.1) is 11.8 Å². The van der Waals surface area contributed by atoms with Gasteiger partial charge in [0.05, 0.1) is 55.2 Å². The predicted octanol–water partition coefficient (Wildman–Crippen LogP) is 2.44. The molecule has 0 radical (unpaired) electrons. The summed E-state index contributed by atoms with van der Waals surface area (Å²) in [5, 5.41) is 11.6. The van der Waals surface area contributed by atoms with E-state index in [1.54, 1.807) is 24.3 Å². The summed E-state index contributed by atoms with van der Waals surface area (Å²) in [7, 11) is 0. The van der Waals surface area contributed by atoms with Crippen molar-refractivity contribution >= 4 is 88.7 Å². The monoisotopic (exact) mass is 857 g/mol. The topological polar surface area (TPSA) is 245 Å². The van der Waals surface area contributed by atoms with E-state index in [4.69, 9.17) is 28.8 Å². The Kier molecular flexibility index (Phi) is 10.5. The van der Waals surface area contributed by atoms with Gasteiger partial charge in [0.15, 0.2) is 11.2 Å². The normalized spacial score (nSPS) is 30.1. The van der Waals surface area contributed by atoms with Crippen LogP contribution in [-0.4, -0.2) is 81.1 Å². The first-order valence-corrected chi connectivity index (χ1v) is 20.9. The summed E-state index contributed by atoms with van der Waals surface area (Å²) in [6.07, 6.45) is -2.34. The van der Waals surface area contributed by atoms with Crippen LogP contribution in [0.15, 0.2) is 46.5 Å². The first-order chi connectivity index (χ1) is 22.6. The lowest BCUT2D eigenvalue weighted by molar-refractivity contribution is -0.0424. The van der Waals surface area contributed by atoms with Crippen molar-refractivity contribution in [2.24, 2.45) is 11.8 Å². The first-order valence-electron chi connectivity index (χ1n) is 14.3. The number of nitrogens with one attached hydrogen (secondary N) is 1. The lowest BCUT2D eigenvalue weighted by Gasteiger charge is -2.24. The maximum Gasteiger partial charge on any atom is 0.386 e. The molecule has 5 unspecified atom stereocenters. The van der Waals surface area contributed by atoms with Crippen LogP contribution < -0.4 is 16.9 Å². The van der Waals surface area contributed by atoms with Crippen molar-refractivity contribution in [1.29, 1.82) is 0 Å². The SMILES string of the molecule is CC1C(I)[C@@H](COP(=O)(S)OCC2[C@@H](O)[C@@H](COP(=O)(O)S)O[C@H]2n2cnc3c(=O)[nH]c(N)nc32)O[C@H]1n1cnc2ccccc2c1=O. The minimum atomic E-state index is -4.24. The Balaban J connectivity index is 1.16. The molecule has 0 aliphatic carbocycles. The predicted molar refractivity (Wildman–Crippen MR) is 186 cm³/mol. The number of halogens is 1. The number of H-pyrrole nitrogens is 1. The fourth-order valence-corrected chi connectivity index (χ4v) is 8.11. The van der Waals surface area contributed by atoms with E-state index in [0.29, 0.717) is 10.9 Å². The highest BCUT2D eigenvalue weighted by atomic mass is 127. The van der Waals surface area contributed by atoms with Gasteiger partial charge in [0.2, 0.25) is 5.95 Å². The molecule has 10 atom stereocenters. The van der Waals surface area contributed by atoms with E-state index in [0.717, 1.165) is 0 Å². The van der Waals surface area contributed by atoms with Crippen molar-refractivity contribution in [1.82, 2.24) is 29.1 Å². The fourth-order valence-electron chi connectivity index (χ4n) is 5.67. The Labute approximate surface area is 295 Å². The number of fused-ring (bicyclic) bond motifs is 2. The number of alkyl halides is 1. The quantitative estimate of drug-likeness (QED) is 0.0549. The fraction of sp³-hybridized carbons (Fsp3) is 0.480. The van der Waals surface area contributed by atoms with Crippen LogP contribution in [0.1, 0.15) is 19.4 Å². The number of hydrogen-bond acceptors (Lipinski definition) is 14. The van der Waals surface area contributed by atoms with Crippen LogP contribution in [-0.2, 0) is 32.2 Å². The van der Waals surface area contributed by atoms with Gasteiger partial charge in [0.25, 0.3) is 11.1 Å². The Bertz CT molecular complexity index is 2050. The number of nitrogen functional groups attached to an aromatic ring is 1. The van der Waals surface area contributed by atoms with Crippen molar-refractivity contribution in [2.75, 3.05) is 25.6 Å². The van der Waals surface area contributed by atoms with Gasteiger partial charge in [-0.3, -0.25) is 32.8 Å². The van der Waals surface area contributed by atoms with Crippen LogP contribution in [0.25, 0.3) is 22.1 Å². The third-order valence-electron chi connectivity index (χ3n) is 8.05. The lowest BCUT2D eigenvalue weighted by Crippen LogP contribution is -2.32. The average Bonchev–Trinajstić information content (AvgIpc) is 3.67. The second kappa shape index (κ2) is 14.0. The number of aromatic amines is 1. The van der Waals surface area contributed by atoms with Crippen LogP contribution in [0.5, 0.6) is 0 Å². The summed E-state index contributed by atoms with van der Waals surface area (Å²) in [6, 6.07) is 6.98. The van der Waals surface area contributed by atoms with E-state index in [9.17, 15) is 28.7 Å². The molecule has 23 heteroatoms. The summed E-state index contributed by atoms with van der Waals surface area (Å²) in [5.41, 5.74) is 5.36. The number of hydrogen-bond donors (Lipinski definition) is 6. The zero-order valence-electron chi connectivity index (χ0n) is 24.8. The molecule has 48 heavy (non-hydrogen) atoms. The van der Waals surface area contributed by atoms with Gasteiger partial charge in [-0.1, -0.05) is 66.1 Å². The number of imidazole rings is 1. The molecule has 260 valence electrons. The molecule has 2 fully saturated rings. The molecule has 2 aliphatic heterocycles. The lowest BCUT2D eigenvalue weighted by atomic mass is 10.0. The van der Waals surface area contributed by atoms with E-state index in [2.05, 4.69) is 67.0 Å². The third-order valence-corrected chi connectivity index (χ3v) is 12.5. The van der Waals surface area contributed by atoms with Gasteiger partial charge in [-0.15, -0.1) is 0 Å².